The molecule has 0 aromatic rings. The third-order valence-electron chi connectivity index (χ3n) is 5.31. The Morgan fingerprint density at radius 3 is 2.43 bits per heavy atom. The van der Waals surface area contributed by atoms with Crippen molar-refractivity contribution < 1.29 is 9.47 Å². The monoisotopic (exact) mass is 297 g/mol. The fraction of sp³-hybridized carbons (Fsp3) is 1.00. The molecule has 1 N–H and O–H groups in total. The summed E-state index contributed by atoms with van der Waals surface area (Å²) in [5, 5.41) is 3.78. The molecule has 2 saturated carbocycles. The summed E-state index contributed by atoms with van der Waals surface area (Å²) in [6.45, 7) is 9.06. The molecule has 0 aliphatic heterocycles. The van der Waals surface area contributed by atoms with Crippen LogP contribution in [-0.2, 0) is 9.47 Å². The summed E-state index contributed by atoms with van der Waals surface area (Å²) in [7, 11) is 0. The molecule has 2 rings (SSSR count). The molecular weight excluding hydrogens is 262 g/mol. The SMILES string of the molecule is CCCNC1CC(OCCOC(C)C)C12CCCCCC2. The van der Waals surface area contributed by atoms with Crippen molar-refractivity contribution in [3.05, 3.63) is 0 Å². The van der Waals surface area contributed by atoms with E-state index in [0.717, 1.165) is 19.8 Å². The minimum absolute atomic E-state index is 0.306. The van der Waals surface area contributed by atoms with E-state index < -0.39 is 0 Å². The molecule has 1 spiro atoms. The first-order valence-corrected chi connectivity index (χ1v) is 9.15. The maximum atomic E-state index is 6.22. The number of nitrogens with one attached hydrogen (secondary N) is 1. The van der Waals surface area contributed by atoms with E-state index >= 15 is 0 Å². The highest BCUT2D eigenvalue weighted by Gasteiger charge is 2.54. The second-order valence-corrected chi connectivity index (χ2v) is 7.17. The Morgan fingerprint density at radius 2 is 1.81 bits per heavy atom. The molecule has 2 aliphatic rings. The van der Waals surface area contributed by atoms with Crippen LogP contribution in [0.4, 0.5) is 0 Å². The molecule has 2 aliphatic carbocycles. The van der Waals surface area contributed by atoms with Gasteiger partial charge in [0, 0.05) is 11.5 Å². The number of hydrogen-bond donors (Lipinski definition) is 1. The molecule has 0 radical (unpaired) electrons. The average molecular weight is 297 g/mol. The maximum Gasteiger partial charge on any atom is 0.0704 e. The highest BCUT2D eigenvalue weighted by atomic mass is 16.5. The minimum atomic E-state index is 0.306. The number of hydrogen-bond acceptors (Lipinski definition) is 3. The summed E-state index contributed by atoms with van der Waals surface area (Å²) in [4.78, 5) is 0. The first-order chi connectivity index (χ1) is 10.2. The fourth-order valence-corrected chi connectivity index (χ4v) is 4.12. The Labute approximate surface area is 131 Å². The minimum Gasteiger partial charge on any atom is -0.376 e. The zero-order chi connectivity index (χ0) is 15.1. The van der Waals surface area contributed by atoms with E-state index in [0.29, 0.717) is 23.7 Å². The van der Waals surface area contributed by atoms with Crippen LogP contribution >= 0.6 is 0 Å². The van der Waals surface area contributed by atoms with Crippen molar-refractivity contribution in [2.75, 3.05) is 19.8 Å². The third-order valence-corrected chi connectivity index (χ3v) is 5.31. The van der Waals surface area contributed by atoms with Crippen molar-refractivity contribution in [2.45, 2.75) is 90.4 Å². The average Bonchev–Trinajstić information content (AvgIpc) is 2.72. The quantitative estimate of drug-likeness (QED) is 0.689. The third kappa shape index (κ3) is 4.43. The van der Waals surface area contributed by atoms with Crippen LogP contribution < -0.4 is 5.32 Å². The van der Waals surface area contributed by atoms with Gasteiger partial charge in [-0.3, -0.25) is 0 Å². The van der Waals surface area contributed by atoms with Crippen LogP contribution in [0.5, 0.6) is 0 Å². The molecule has 3 heteroatoms. The molecule has 0 saturated heterocycles. The lowest BCUT2D eigenvalue weighted by atomic mass is 9.57. The maximum absolute atomic E-state index is 6.22. The molecule has 0 aromatic heterocycles. The van der Waals surface area contributed by atoms with E-state index in [1.165, 1.54) is 51.4 Å². The van der Waals surface area contributed by atoms with Crippen LogP contribution in [0.3, 0.4) is 0 Å². The smallest absolute Gasteiger partial charge is 0.0704 e. The van der Waals surface area contributed by atoms with Crippen molar-refractivity contribution >= 4 is 0 Å². The molecule has 2 fully saturated rings. The van der Waals surface area contributed by atoms with E-state index in [1.807, 2.05) is 0 Å². The van der Waals surface area contributed by atoms with Crippen molar-refractivity contribution in [2.24, 2.45) is 5.41 Å². The van der Waals surface area contributed by atoms with Crippen molar-refractivity contribution in [3.63, 3.8) is 0 Å². The lowest BCUT2D eigenvalue weighted by Gasteiger charge is -2.56. The molecule has 124 valence electrons. The topological polar surface area (TPSA) is 30.5 Å². The lowest BCUT2D eigenvalue weighted by molar-refractivity contribution is -0.152. The van der Waals surface area contributed by atoms with E-state index in [2.05, 4.69) is 26.1 Å². The van der Waals surface area contributed by atoms with Crippen molar-refractivity contribution in [1.82, 2.24) is 5.32 Å². The highest BCUT2D eigenvalue weighted by Crippen LogP contribution is 2.52. The normalized spacial score (nSPS) is 28.6. The number of rotatable bonds is 8. The summed E-state index contributed by atoms with van der Waals surface area (Å²) >= 11 is 0. The number of ether oxygens (including phenoxy) is 2. The Kier molecular flexibility index (Phi) is 6.97. The van der Waals surface area contributed by atoms with Gasteiger partial charge in [-0.05, 0) is 46.1 Å². The first-order valence-electron chi connectivity index (χ1n) is 9.15. The summed E-state index contributed by atoms with van der Waals surface area (Å²) in [6.07, 6.45) is 11.5. The van der Waals surface area contributed by atoms with E-state index in [1.54, 1.807) is 0 Å². The van der Waals surface area contributed by atoms with Crippen molar-refractivity contribution in [1.29, 1.82) is 0 Å². The van der Waals surface area contributed by atoms with Crippen LogP contribution in [-0.4, -0.2) is 38.0 Å². The Hall–Kier alpha value is -0.120. The highest BCUT2D eigenvalue weighted by molar-refractivity contribution is 5.08. The molecular formula is C18H35NO2. The standard InChI is InChI=1S/C18H35NO2/c1-4-11-19-16-14-17(21-13-12-20-15(2)3)18(16)9-7-5-6-8-10-18/h15-17,19H,4-14H2,1-3H3. The zero-order valence-electron chi connectivity index (χ0n) is 14.3. The van der Waals surface area contributed by atoms with Gasteiger partial charge >= 0.3 is 0 Å². The van der Waals surface area contributed by atoms with Gasteiger partial charge in [0.1, 0.15) is 0 Å². The second kappa shape index (κ2) is 8.50. The van der Waals surface area contributed by atoms with Gasteiger partial charge in [0.25, 0.3) is 0 Å². The zero-order valence-corrected chi connectivity index (χ0v) is 14.3. The second-order valence-electron chi connectivity index (χ2n) is 7.17. The van der Waals surface area contributed by atoms with Gasteiger partial charge in [0.2, 0.25) is 0 Å². The van der Waals surface area contributed by atoms with Crippen LogP contribution in [0.25, 0.3) is 0 Å². The molecule has 21 heavy (non-hydrogen) atoms. The van der Waals surface area contributed by atoms with Gasteiger partial charge in [0.05, 0.1) is 25.4 Å². The van der Waals surface area contributed by atoms with E-state index in [9.17, 15) is 0 Å². The Bertz CT molecular complexity index is 285. The van der Waals surface area contributed by atoms with Crippen LogP contribution in [0.15, 0.2) is 0 Å². The summed E-state index contributed by atoms with van der Waals surface area (Å²) < 4.78 is 11.8. The lowest BCUT2D eigenvalue weighted by Crippen LogP contribution is -2.64. The van der Waals surface area contributed by atoms with Gasteiger partial charge in [-0.15, -0.1) is 0 Å². The molecule has 2 atom stereocenters. The van der Waals surface area contributed by atoms with Gasteiger partial charge in [-0.25, -0.2) is 0 Å². The summed E-state index contributed by atoms with van der Waals surface area (Å²) in [6, 6.07) is 0.687. The van der Waals surface area contributed by atoms with Gasteiger partial charge in [-0.2, -0.15) is 0 Å². The molecule has 0 aromatic carbocycles. The fourth-order valence-electron chi connectivity index (χ4n) is 4.12. The Morgan fingerprint density at radius 1 is 1.10 bits per heavy atom. The predicted molar refractivity (Wildman–Crippen MR) is 87.7 cm³/mol. The van der Waals surface area contributed by atoms with Crippen LogP contribution in [0.2, 0.25) is 0 Å². The van der Waals surface area contributed by atoms with Gasteiger partial charge < -0.3 is 14.8 Å². The van der Waals surface area contributed by atoms with E-state index in [4.69, 9.17) is 9.47 Å². The predicted octanol–water partition coefficient (Wildman–Crippen LogP) is 3.91. The van der Waals surface area contributed by atoms with Crippen molar-refractivity contribution in [3.8, 4) is 0 Å². The summed E-state index contributed by atoms with van der Waals surface area (Å²) in [5.74, 6) is 0. The Balaban J connectivity index is 1.84. The van der Waals surface area contributed by atoms with E-state index in [-0.39, 0.29) is 0 Å². The first kappa shape index (κ1) is 17.2. The molecule has 3 nitrogen and oxygen atoms in total. The molecule has 0 amide bonds. The summed E-state index contributed by atoms with van der Waals surface area (Å²) in [5.41, 5.74) is 0.420. The molecule has 0 bridgehead atoms. The van der Waals surface area contributed by atoms with Gasteiger partial charge in [-0.1, -0.05) is 32.6 Å². The molecule has 0 heterocycles. The van der Waals surface area contributed by atoms with Gasteiger partial charge in [0.15, 0.2) is 0 Å². The largest absolute Gasteiger partial charge is 0.376 e. The van der Waals surface area contributed by atoms with Crippen LogP contribution in [0.1, 0.15) is 72.1 Å². The van der Waals surface area contributed by atoms with Crippen LogP contribution in [0, 0.1) is 5.41 Å². The molecule has 2 unspecified atom stereocenters.